The van der Waals surface area contributed by atoms with Gasteiger partial charge in [0.05, 0.1) is 0 Å². The molecule has 0 saturated heterocycles. The van der Waals surface area contributed by atoms with Gasteiger partial charge in [0.15, 0.2) is 0 Å². The van der Waals surface area contributed by atoms with Crippen LogP contribution in [0.1, 0.15) is 13.8 Å². The number of hydrogen-bond donors (Lipinski definition) is 1. The minimum absolute atomic E-state index is 0. The molecule has 0 aliphatic carbocycles. The van der Waals surface area contributed by atoms with Crippen LogP contribution < -0.4 is 23.0 Å². The quantitative estimate of drug-likeness (QED) is 0.641. The van der Waals surface area contributed by atoms with Gasteiger partial charge in [0.1, 0.15) is 0 Å². The van der Waals surface area contributed by atoms with Crippen LogP contribution in [0, 0.1) is 0 Å². The summed E-state index contributed by atoms with van der Waals surface area (Å²) in [5.41, 5.74) is 7.66. The van der Waals surface area contributed by atoms with E-state index in [-0.39, 0.29) is 12.4 Å². The maximum Gasteiger partial charge on any atom is 0.0367 e. The Kier molecular flexibility index (Phi) is 5.31. The monoisotopic (exact) mass is 199 g/mol. The van der Waals surface area contributed by atoms with Crippen molar-refractivity contribution in [3.8, 4) is 0 Å². The van der Waals surface area contributed by atoms with Crippen LogP contribution in [0.2, 0.25) is 0 Å². The Bertz CT molecular complexity index is 229. The lowest BCUT2D eigenvalue weighted by atomic mass is 10.2. The van der Waals surface area contributed by atoms with E-state index in [1.54, 1.807) is 0 Å². The van der Waals surface area contributed by atoms with Gasteiger partial charge in [-0.2, -0.15) is 0 Å². The number of halogens is 1. The van der Waals surface area contributed by atoms with Gasteiger partial charge in [-0.1, -0.05) is 0 Å². The molecule has 0 atom stereocenters. The molecular formula is C10H16ClN2-. The van der Waals surface area contributed by atoms with Crippen molar-refractivity contribution < 1.29 is 12.4 Å². The molecule has 13 heavy (non-hydrogen) atoms. The summed E-state index contributed by atoms with van der Waals surface area (Å²) in [4.78, 5) is 2.29. The largest absolute Gasteiger partial charge is 1.00 e. The molecule has 2 N–H and O–H groups in total. The van der Waals surface area contributed by atoms with Crippen LogP contribution >= 0.6 is 0 Å². The van der Waals surface area contributed by atoms with Crippen molar-refractivity contribution in [2.75, 3.05) is 23.7 Å². The fourth-order valence-electron chi connectivity index (χ4n) is 1.27. The summed E-state index contributed by atoms with van der Waals surface area (Å²) in [6, 6.07) is 7.99. The SMILES string of the molecule is CCN(CC)c1ccc(N)cc1.[Cl-]. The molecule has 0 fully saturated rings. The van der Waals surface area contributed by atoms with Crippen molar-refractivity contribution in [2.24, 2.45) is 0 Å². The van der Waals surface area contributed by atoms with Gasteiger partial charge in [0.25, 0.3) is 0 Å². The molecule has 0 bridgehead atoms. The second-order valence-electron chi connectivity index (χ2n) is 2.76. The van der Waals surface area contributed by atoms with E-state index < -0.39 is 0 Å². The number of nitrogens with two attached hydrogens (primary N) is 1. The van der Waals surface area contributed by atoms with Crippen molar-refractivity contribution in [1.29, 1.82) is 0 Å². The van der Waals surface area contributed by atoms with Gasteiger partial charge >= 0.3 is 0 Å². The first-order valence-corrected chi connectivity index (χ1v) is 4.38. The van der Waals surface area contributed by atoms with Crippen molar-refractivity contribution >= 4 is 11.4 Å². The zero-order valence-electron chi connectivity index (χ0n) is 8.13. The van der Waals surface area contributed by atoms with Crippen LogP contribution in [-0.4, -0.2) is 13.1 Å². The zero-order chi connectivity index (χ0) is 8.97. The van der Waals surface area contributed by atoms with Crippen molar-refractivity contribution in [3.05, 3.63) is 24.3 Å². The van der Waals surface area contributed by atoms with E-state index >= 15 is 0 Å². The first kappa shape index (κ1) is 12.1. The number of rotatable bonds is 3. The van der Waals surface area contributed by atoms with Crippen LogP contribution in [0.15, 0.2) is 24.3 Å². The van der Waals surface area contributed by atoms with E-state index in [0.717, 1.165) is 18.8 Å². The van der Waals surface area contributed by atoms with E-state index in [1.807, 2.05) is 12.1 Å². The molecule has 0 aromatic heterocycles. The highest BCUT2D eigenvalue weighted by Crippen LogP contribution is 2.15. The number of nitrogens with zero attached hydrogens (tertiary/aromatic N) is 1. The van der Waals surface area contributed by atoms with E-state index in [4.69, 9.17) is 5.73 Å². The Morgan fingerprint density at radius 1 is 1.08 bits per heavy atom. The Morgan fingerprint density at radius 2 is 1.54 bits per heavy atom. The highest BCUT2D eigenvalue weighted by molar-refractivity contribution is 5.52. The van der Waals surface area contributed by atoms with Crippen molar-refractivity contribution in [1.82, 2.24) is 0 Å². The van der Waals surface area contributed by atoms with Crippen LogP contribution in [0.5, 0.6) is 0 Å². The minimum atomic E-state index is 0. The Hall–Kier alpha value is -0.890. The fourth-order valence-corrected chi connectivity index (χ4v) is 1.27. The predicted molar refractivity (Wildman–Crippen MR) is 54.4 cm³/mol. The fraction of sp³-hybridized carbons (Fsp3) is 0.400. The lowest BCUT2D eigenvalue weighted by Crippen LogP contribution is -3.00. The van der Waals surface area contributed by atoms with Crippen LogP contribution in [-0.2, 0) is 0 Å². The van der Waals surface area contributed by atoms with Crippen LogP contribution in [0.25, 0.3) is 0 Å². The maximum absolute atomic E-state index is 5.59. The summed E-state index contributed by atoms with van der Waals surface area (Å²) in [5, 5.41) is 0. The molecule has 1 rings (SSSR count). The Morgan fingerprint density at radius 3 is 1.92 bits per heavy atom. The van der Waals surface area contributed by atoms with Gasteiger partial charge in [0, 0.05) is 24.5 Å². The summed E-state index contributed by atoms with van der Waals surface area (Å²) in [5.74, 6) is 0. The molecule has 0 aliphatic rings. The van der Waals surface area contributed by atoms with E-state index in [0.29, 0.717) is 0 Å². The van der Waals surface area contributed by atoms with Gasteiger partial charge in [-0.25, -0.2) is 0 Å². The number of anilines is 2. The maximum atomic E-state index is 5.59. The summed E-state index contributed by atoms with van der Waals surface area (Å²) in [7, 11) is 0. The Balaban J connectivity index is 0.00000144. The predicted octanol–water partition coefficient (Wildman–Crippen LogP) is -0.881. The molecule has 0 saturated carbocycles. The number of nitrogen functional groups attached to an aromatic ring is 1. The van der Waals surface area contributed by atoms with Gasteiger partial charge in [-0.15, -0.1) is 0 Å². The molecule has 1 aromatic carbocycles. The molecular weight excluding hydrogens is 184 g/mol. The lowest BCUT2D eigenvalue weighted by Gasteiger charge is -2.20. The van der Waals surface area contributed by atoms with Gasteiger partial charge in [-0.05, 0) is 38.1 Å². The number of benzene rings is 1. The smallest absolute Gasteiger partial charge is 0.0367 e. The zero-order valence-corrected chi connectivity index (χ0v) is 8.88. The topological polar surface area (TPSA) is 29.3 Å². The summed E-state index contributed by atoms with van der Waals surface area (Å²) in [6.07, 6.45) is 0. The molecule has 2 nitrogen and oxygen atoms in total. The third-order valence-corrected chi connectivity index (χ3v) is 2.02. The molecule has 0 aliphatic heterocycles. The normalized spacial score (nSPS) is 9.08. The van der Waals surface area contributed by atoms with Gasteiger partial charge in [-0.3, -0.25) is 0 Å². The van der Waals surface area contributed by atoms with E-state index in [1.165, 1.54) is 5.69 Å². The molecule has 0 spiro atoms. The molecule has 0 amide bonds. The van der Waals surface area contributed by atoms with Gasteiger partial charge in [0.2, 0.25) is 0 Å². The van der Waals surface area contributed by atoms with E-state index in [2.05, 4.69) is 30.9 Å². The molecule has 0 radical (unpaired) electrons. The highest BCUT2D eigenvalue weighted by Gasteiger charge is 1.99. The molecule has 0 unspecified atom stereocenters. The average molecular weight is 200 g/mol. The number of hydrogen-bond acceptors (Lipinski definition) is 2. The van der Waals surface area contributed by atoms with E-state index in [9.17, 15) is 0 Å². The summed E-state index contributed by atoms with van der Waals surface area (Å²) in [6.45, 7) is 6.39. The van der Waals surface area contributed by atoms with Crippen LogP contribution in [0.3, 0.4) is 0 Å². The van der Waals surface area contributed by atoms with Crippen LogP contribution in [0.4, 0.5) is 11.4 Å². The van der Waals surface area contributed by atoms with Crippen molar-refractivity contribution in [2.45, 2.75) is 13.8 Å². The summed E-state index contributed by atoms with van der Waals surface area (Å²) < 4.78 is 0. The Labute approximate surface area is 86.1 Å². The van der Waals surface area contributed by atoms with Crippen molar-refractivity contribution in [3.63, 3.8) is 0 Å². The third kappa shape index (κ3) is 3.15. The average Bonchev–Trinajstić information content (AvgIpc) is 2.10. The second-order valence-corrected chi connectivity index (χ2v) is 2.76. The van der Waals surface area contributed by atoms with Gasteiger partial charge < -0.3 is 23.0 Å². The lowest BCUT2D eigenvalue weighted by molar-refractivity contribution is -0.00000259. The summed E-state index contributed by atoms with van der Waals surface area (Å²) >= 11 is 0. The molecule has 0 heterocycles. The third-order valence-electron chi connectivity index (χ3n) is 2.02. The molecule has 1 aromatic rings. The minimum Gasteiger partial charge on any atom is -1.00 e. The highest BCUT2D eigenvalue weighted by atomic mass is 35.5. The first-order valence-electron chi connectivity index (χ1n) is 4.38. The first-order chi connectivity index (χ1) is 5.77. The molecule has 3 heteroatoms. The second kappa shape index (κ2) is 5.70. The standard InChI is InChI=1S/C10H16N2.ClH/c1-3-12(4-2)10-7-5-9(11)6-8-10;/h5-8H,3-4,11H2,1-2H3;1H/p-1. The molecule has 74 valence electrons.